The van der Waals surface area contributed by atoms with Gasteiger partial charge in [-0.05, 0) is 6.08 Å². The zero-order valence-electron chi connectivity index (χ0n) is 7.70. The van der Waals surface area contributed by atoms with Gasteiger partial charge >= 0.3 is 6.18 Å². The van der Waals surface area contributed by atoms with Crippen LogP contribution in [0.3, 0.4) is 0 Å². The number of hydrogen-bond acceptors (Lipinski definition) is 2. The smallest absolute Gasteiger partial charge is 0.402 e. The van der Waals surface area contributed by atoms with Gasteiger partial charge in [0.25, 0.3) is 0 Å². The van der Waals surface area contributed by atoms with E-state index in [0.717, 1.165) is 6.08 Å². The highest BCUT2D eigenvalue weighted by Crippen LogP contribution is 2.24. The second kappa shape index (κ2) is 3.65. The molecule has 0 spiro atoms. The molecule has 0 unspecified atom stereocenters. The van der Waals surface area contributed by atoms with Crippen LogP contribution in [-0.4, -0.2) is 11.0 Å². The Balaban J connectivity index is 4.70. The maximum atomic E-state index is 12.0. The average Bonchev–Trinajstić information content (AvgIpc) is 1.82. The first-order chi connectivity index (χ1) is 5.55. The molecule has 0 saturated carbocycles. The number of allylic oxidation sites excluding steroid dienone is 2. The van der Waals surface area contributed by atoms with Gasteiger partial charge in [0.2, 0.25) is 0 Å². The second-order valence-corrected chi connectivity index (χ2v) is 4.15. The van der Waals surface area contributed by atoms with Gasteiger partial charge in [0.15, 0.2) is 0 Å². The van der Waals surface area contributed by atoms with E-state index >= 15 is 0 Å². The summed E-state index contributed by atoms with van der Waals surface area (Å²) >= 11 is 4.16. The number of thiocarbonyl (C=S) groups is 1. The molecule has 0 aromatic carbocycles. The minimum atomic E-state index is -4.47. The Morgan fingerprint density at radius 3 is 1.85 bits per heavy atom. The van der Waals surface area contributed by atoms with Gasteiger partial charge in [-0.2, -0.15) is 13.2 Å². The standard InChI is InChI=1S/C8H12F3NS/c1-7(2,3)5(12)4-6(13)8(9,10)11/h4H,12H2,1-3H3/b5-4-. The number of hydrogen-bond donors (Lipinski definition) is 1. The van der Waals surface area contributed by atoms with Crippen molar-refractivity contribution in [2.24, 2.45) is 11.1 Å². The van der Waals surface area contributed by atoms with E-state index in [2.05, 4.69) is 12.2 Å². The van der Waals surface area contributed by atoms with Gasteiger partial charge in [0.1, 0.15) is 4.86 Å². The van der Waals surface area contributed by atoms with Gasteiger partial charge in [-0.1, -0.05) is 33.0 Å². The van der Waals surface area contributed by atoms with E-state index in [1.54, 1.807) is 20.8 Å². The summed E-state index contributed by atoms with van der Waals surface area (Å²) < 4.78 is 35.9. The maximum Gasteiger partial charge on any atom is 0.426 e. The van der Waals surface area contributed by atoms with Crippen LogP contribution in [0.2, 0.25) is 0 Å². The quantitative estimate of drug-likeness (QED) is 0.533. The molecule has 0 radical (unpaired) electrons. The van der Waals surface area contributed by atoms with Crippen LogP contribution in [0, 0.1) is 5.41 Å². The Morgan fingerprint density at radius 1 is 1.23 bits per heavy atom. The summed E-state index contributed by atoms with van der Waals surface area (Å²) in [6.07, 6.45) is -3.67. The number of alkyl halides is 3. The van der Waals surface area contributed by atoms with Crippen LogP contribution in [-0.2, 0) is 0 Å². The van der Waals surface area contributed by atoms with Crippen molar-refractivity contribution in [1.29, 1.82) is 0 Å². The Hall–Kier alpha value is -0.580. The lowest BCUT2D eigenvalue weighted by atomic mass is 9.92. The molecule has 5 heteroatoms. The minimum Gasteiger partial charge on any atom is -0.402 e. The third-order valence-corrected chi connectivity index (χ3v) is 1.78. The van der Waals surface area contributed by atoms with E-state index in [0.29, 0.717) is 0 Å². The van der Waals surface area contributed by atoms with E-state index in [1.165, 1.54) is 0 Å². The predicted octanol–water partition coefficient (Wildman–Crippen LogP) is 2.81. The zero-order valence-corrected chi connectivity index (χ0v) is 8.51. The summed E-state index contributed by atoms with van der Waals surface area (Å²) in [5.41, 5.74) is 5.07. The summed E-state index contributed by atoms with van der Waals surface area (Å²) in [6.45, 7) is 5.16. The van der Waals surface area contributed by atoms with Crippen LogP contribution in [0.25, 0.3) is 0 Å². The fourth-order valence-electron chi connectivity index (χ4n) is 0.440. The third-order valence-electron chi connectivity index (χ3n) is 1.43. The van der Waals surface area contributed by atoms with Crippen molar-refractivity contribution in [3.63, 3.8) is 0 Å². The molecule has 0 saturated heterocycles. The Kier molecular flexibility index (Phi) is 3.49. The van der Waals surface area contributed by atoms with Crippen LogP contribution in [0.4, 0.5) is 13.2 Å². The van der Waals surface area contributed by atoms with Crippen molar-refractivity contribution in [2.45, 2.75) is 26.9 Å². The molecule has 0 bridgehead atoms. The van der Waals surface area contributed by atoms with Crippen molar-refractivity contribution < 1.29 is 13.2 Å². The van der Waals surface area contributed by atoms with Crippen molar-refractivity contribution in [3.05, 3.63) is 11.8 Å². The molecule has 0 heterocycles. The van der Waals surface area contributed by atoms with Gasteiger partial charge < -0.3 is 5.73 Å². The first kappa shape index (κ1) is 12.4. The lowest BCUT2D eigenvalue weighted by Gasteiger charge is -2.19. The molecule has 0 atom stereocenters. The molecular weight excluding hydrogens is 199 g/mol. The van der Waals surface area contributed by atoms with Crippen molar-refractivity contribution >= 4 is 17.1 Å². The van der Waals surface area contributed by atoms with E-state index in [1.807, 2.05) is 0 Å². The summed E-state index contributed by atoms with van der Waals surface area (Å²) in [4.78, 5) is -1.08. The summed E-state index contributed by atoms with van der Waals surface area (Å²) in [6, 6.07) is 0. The van der Waals surface area contributed by atoms with E-state index in [4.69, 9.17) is 5.73 Å². The monoisotopic (exact) mass is 211 g/mol. The Bertz CT molecular complexity index is 235. The van der Waals surface area contributed by atoms with Crippen LogP contribution >= 0.6 is 12.2 Å². The van der Waals surface area contributed by atoms with Gasteiger partial charge in [-0.25, -0.2) is 0 Å². The first-order valence-electron chi connectivity index (χ1n) is 3.64. The van der Waals surface area contributed by atoms with Crippen molar-refractivity contribution in [3.8, 4) is 0 Å². The van der Waals surface area contributed by atoms with Crippen LogP contribution in [0.1, 0.15) is 20.8 Å². The van der Waals surface area contributed by atoms with Crippen LogP contribution in [0.5, 0.6) is 0 Å². The lowest BCUT2D eigenvalue weighted by molar-refractivity contribution is -0.0553. The summed E-state index contributed by atoms with van der Waals surface area (Å²) in [5.74, 6) is 0. The molecule has 0 aromatic rings. The molecule has 0 fully saturated rings. The molecule has 0 amide bonds. The third kappa shape index (κ3) is 4.26. The van der Waals surface area contributed by atoms with Crippen molar-refractivity contribution in [2.75, 3.05) is 0 Å². The molecule has 76 valence electrons. The number of halogens is 3. The van der Waals surface area contributed by atoms with Crippen molar-refractivity contribution in [1.82, 2.24) is 0 Å². The molecule has 2 N–H and O–H groups in total. The average molecular weight is 211 g/mol. The molecule has 0 aliphatic carbocycles. The van der Waals surface area contributed by atoms with E-state index < -0.39 is 16.5 Å². The molecular formula is C8H12F3NS. The topological polar surface area (TPSA) is 26.0 Å². The number of rotatable bonds is 1. The maximum absolute atomic E-state index is 12.0. The Morgan fingerprint density at radius 2 is 1.62 bits per heavy atom. The number of nitrogens with two attached hydrogens (primary N) is 1. The second-order valence-electron chi connectivity index (χ2n) is 3.71. The van der Waals surface area contributed by atoms with Gasteiger partial charge in [0.05, 0.1) is 0 Å². The van der Waals surface area contributed by atoms with Crippen LogP contribution in [0.15, 0.2) is 11.8 Å². The SMILES string of the molecule is CC(C)(C)/C(N)=C/C(=S)C(F)(F)F. The van der Waals surface area contributed by atoms with Gasteiger partial charge in [-0.15, -0.1) is 0 Å². The van der Waals surface area contributed by atoms with E-state index in [9.17, 15) is 13.2 Å². The fraction of sp³-hybridized carbons (Fsp3) is 0.625. The lowest BCUT2D eigenvalue weighted by Crippen LogP contribution is -2.24. The molecule has 1 nitrogen and oxygen atoms in total. The minimum absolute atomic E-state index is 0.134. The molecule has 0 aliphatic rings. The summed E-state index contributed by atoms with van der Waals surface area (Å²) in [5, 5.41) is 0. The highest BCUT2D eigenvalue weighted by Gasteiger charge is 2.33. The fourth-order valence-corrected chi connectivity index (χ4v) is 0.567. The van der Waals surface area contributed by atoms with Gasteiger partial charge in [0, 0.05) is 11.1 Å². The highest BCUT2D eigenvalue weighted by molar-refractivity contribution is 7.80. The van der Waals surface area contributed by atoms with E-state index in [-0.39, 0.29) is 5.70 Å². The normalized spacial score (nSPS) is 14.5. The zero-order chi connectivity index (χ0) is 10.9. The van der Waals surface area contributed by atoms with Gasteiger partial charge in [-0.3, -0.25) is 0 Å². The Labute approximate surface area is 80.8 Å². The first-order valence-corrected chi connectivity index (χ1v) is 4.05. The highest BCUT2D eigenvalue weighted by atomic mass is 32.1. The molecule has 0 aliphatic heterocycles. The molecule has 0 aromatic heterocycles. The molecule has 0 rings (SSSR count). The summed E-state index contributed by atoms with van der Waals surface area (Å²) in [7, 11) is 0. The van der Waals surface area contributed by atoms with Crippen LogP contribution < -0.4 is 5.73 Å². The predicted molar refractivity (Wildman–Crippen MR) is 50.4 cm³/mol. The molecule has 13 heavy (non-hydrogen) atoms. The largest absolute Gasteiger partial charge is 0.426 e.